The average molecular weight is 306 g/mol. The zero-order valence-electron chi connectivity index (χ0n) is 10.6. The van der Waals surface area contributed by atoms with Gasteiger partial charge in [0.05, 0.1) is 12.3 Å². The first kappa shape index (κ1) is 13.1. The van der Waals surface area contributed by atoms with Crippen molar-refractivity contribution in [1.82, 2.24) is 4.98 Å². The molecule has 0 bridgehead atoms. The molecule has 0 spiro atoms. The highest BCUT2D eigenvalue weighted by Gasteiger charge is 2.04. The van der Waals surface area contributed by atoms with Gasteiger partial charge in [0.25, 0.3) is 0 Å². The van der Waals surface area contributed by atoms with Crippen LogP contribution in [-0.4, -0.2) is 11.6 Å². The molecule has 1 aromatic carbocycles. The van der Waals surface area contributed by atoms with Crippen LogP contribution in [0.3, 0.4) is 0 Å². The van der Waals surface area contributed by atoms with Gasteiger partial charge in [0.15, 0.2) is 0 Å². The SMILES string of the molecule is CCOc1cccc(-c2ccc(CBr)c(C)n2)c1. The van der Waals surface area contributed by atoms with Crippen LogP contribution < -0.4 is 4.74 Å². The molecule has 0 amide bonds. The molecular weight excluding hydrogens is 290 g/mol. The monoisotopic (exact) mass is 305 g/mol. The number of aryl methyl sites for hydroxylation is 1. The van der Waals surface area contributed by atoms with Crippen molar-refractivity contribution in [1.29, 1.82) is 0 Å². The molecule has 0 aliphatic rings. The number of pyridine rings is 1. The Balaban J connectivity index is 2.36. The summed E-state index contributed by atoms with van der Waals surface area (Å²) in [5, 5.41) is 0.838. The normalized spacial score (nSPS) is 10.4. The van der Waals surface area contributed by atoms with Gasteiger partial charge >= 0.3 is 0 Å². The van der Waals surface area contributed by atoms with E-state index in [0.717, 1.165) is 28.0 Å². The highest BCUT2D eigenvalue weighted by atomic mass is 79.9. The molecule has 0 N–H and O–H groups in total. The van der Waals surface area contributed by atoms with Crippen LogP contribution in [0, 0.1) is 6.92 Å². The Hall–Kier alpha value is -1.35. The van der Waals surface area contributed by atoms with E-state index in [2.05, 4.69) is 39.1 Å². The van der Waals surface area contributed by atoms with Crippen molar-refractivity contribution in [2.24, 2.45) is 0 Å². The maximum atomic E-state index is 5.51. The van der Waals surface area contributed by atoms with Crippen LogP contribution in [0.15, 0.2) is 36.4 Å². The van der Waals surface area contributed by atoms with Gasteiger partial charge in [0, 0.05) is 16.6 Å². The van der Waals surface area contributed by atoms with Gasteiger partial charge in [-0.1, -0.05) is 34.1 Å². The second kappa shape index (κ2) is 6.01. The third kappa shape index (κ3) is 2.91. The van der Waals surface area contributed by atoms with Crippen molar-refractivity contribution in [2.45, 2.75) is 19.2 Å². The number of hydrogen-bond acceptors (Lipinski definition) is 2. The summed E-state index contributed by atoms with van der Waals surface area (Å²) in [7, 11) is 0. The van der Waals surface area contributed by atoms with E-state index in [9.17, 15) is 0 Å². The maximum absolute atomic E-state index is 5.51. The molecule has 0 aliphatic carbocycles. The lowest BCUT2D eigenvalue weighted by Gasteiger charge is -2.08. The number of hydrogen-bond donors (Lipinski definition) is 0. The quantitative estimate of drug-likeness (QED) is 0.783. The number of aromatic nitrogens is 1. The first-order valence-electron chi connectivity index (χ1n) is 6.00. The summed E-state index contributed by atoms with van der Waals surface area (Å²) in [6, 6.07) is 12.2. The van der Waals surface area contributed by atoms with E-state index in [-0.39, 0.29) is 0 Å². The predicted octanol–water partition coefficient (Wildman–Crippen LogP) is 4.35. The fourth-order valence-corrected chi connectivity index (χ4v) is 2.40. The predicted molar refractivity (Wildman–Crippen MR) is 78.2 cm³/mol. The number of alkyl halides is 1. The highest BCUT2D eigenvalue weighted by molar-refractivity contribution is 9.08. The van der Waals surface area contributed by atoms with Gasteiger partial charge in [-0.2, -0.15) is 0 Å². The molecule has 1 aromatic heterocycles. The Kier molecular flexibility index (Phi) is 4.37. The minimum atomic E-state index is 0.679. The summed E-state index contributed by atoms with van der Waals surface area (Å²) >= 11 is 3.46. The Bertz CT molecular complexity index is 540. The second-order valence-corrected chi connectivity index (χ2v) is 4.60. The van der Waals surface area contributed by atoms with Crippen LogP contribution in [-0.2, 0) is 5.33 Å². The first-order chi connectivity index (χ1) is 8.74. The van der Waals surface area contributed by atoms with E-state index in [0.29, 0.717) is 6.61 Å². The van der Waals surface area contributed by atoms with Gasteiger partial charge in [-0.25, -0.2) is 0 Å². The average Bonchev–Trinajstić information content (AvgIpc) is 2.39. The maximum Gasteiger partial charge on any atom is 0.119 e. The van der Waals surface area contributed by atoms with Gasteiger partial charge in [0.1, 0.15) is 5.75 Å². The molecule has 0 radical (unpaired) electrons. The topological polar surface area (TPSA) is 22.1 Å². The minimum Gasteiger partial charge on any atom is -0.494 e. The van der Waals surface area contributed by atoms with Crippen LogP contribution in [0.1, 0.15) is 18.2 Å². The molecule has 0 saturated heterocycles. The molecule has 2 nitrogen and oxygen atoms in total. The number of halogens is 1. The van der Waals surface area contributed by atoms with E-state index in [4.69, 9.17) is 4.74 Å². The number of nitrogens with zero attached hydrogens (tertiary/aromatic N) is 1. The number of benzene rings is 1. The third-order valence-electron chi connectivity index (χ3n) is 2.78. The van der Waals surface area contributed by atoms with Crippen LogP contribution >= 0.6 is 15.9 Å². The standard InChI is InChI=1S/C15H16BrNO/c1-3-18-14-6-4-5-12(9-14)15-8-7-13(10-16)11(2)17-15/h4-9H,3,10H2,1-2H3. The molecule has 0 aliphatic heterocycles. The zero-order valence-corrected chi connectivity index (χ0v) is 12.2. The van der Waals surface area contributed by atoms with Crippen molar-refractivity contribution >= 4 is 15.9 Å². The summed E-state index contributed by atoms with van der Waals surface area (Å²) in [6.07, 6.45) is 0. The van der Waals surface area contributed by atoms with Crippen LogP contribution in [0.25, 0.3) is 11.3 Å². The second-order valence-electron chi connectivity index (χ2n) is 4.04. The first-order valence-corrected chi connectivity index (χ1v) is 7.12. The summed E-state index contributed by atoms with van der Waals surface area (Å²) < 4.78 is 5.51. The summed E-state index contributed by atoms with van der Waals surface area (Å²) in [4.78, 5) is 4.63. The zero-order chi connectivity index (χ0) is 13.0. The number of ether oxygens (including phenoxy) is 1. The Morgan fingerprint density at radius 2 is 2.06 bits per heavy atom. The van der Waals surface area contributed by atoms with Crippen LogP contribution in [0.2, 0.25) is 0 Å². The molecule has 0 saturated carbocycles. The molecule has 0 fully saturated rings. The Labute approximate surface area is 116 Å². The smallest absolute Gasteiger partial charge is 0.119 e. The molecule has 18 heavy (non-hydrogen) atoms. The Morgan fingerprint density at radius 3 is 2.72 bits per heavy atom. The van der Waals surface area contributed by atoms with Crippen molar-refractivity contribution in [3.8, 4) is 17.0 Å². The fourth-order valence-electron chi connectivity index (χ4n) is 1.80. The molecular formula is C15H16BrNO. The van der Waals surface area contributed by atoms with E-state index in [1.807, 2.05) is 32.0 Å². The van der Waals surface area contributed by atoms with Gasteiger partial charge < -0.3 is 4.74 Å². The summed E-state index contributed by atoms with van der Waals surface area (Å²) in [6.45, 7) is 4.70. The van der Waals surface area contributed by atoms with E-state index in [1.165, 1.54) is 5.56 Å². The van der Waals surface area contributed by atoms with Crippen molar-refractivity contribution in [3.05, 3.63) is 47.7 Å². The molecule has 94 valence electrons. The molecule has 2 aromatic rings. The largest absolute Gasteiger partial charge is 0.494 e. The van der Waals surface area contributed by atoms with Crippen molar-refractivity contribution < 1.29 is 4.74 Å². The van der Waals surface area contributed by atoms with E-state index >= 15 is 0 Å². The lowest BCUT2D eigenvalue weighted by atomic mass is 10.1. The van der Waals surface area contributed by atoms with Gasteiger partial charge in [-0.15, -0.1) is 0 Å². The third-order valence-corrected chi connectivity index (χ3v) is 3.38. The van der Waals surface area contributed by atoms with Crippen molar-refractivity contribution in [2.75, 3.05) is 6.61 Å². The minimum absolute atomic E-state index is 0.679. The fraction of sp³-hybridized carbons (Fsp3) is 0.267. The summed E-state index contributed by atoms with van der Waals surface area (Å²) in [5.41, 5.74) is 4.36. The molecule has 1 heterocycles. The van der Waals surface area contributed by atoms with Gasteiger partial charge in [-0.3, -0.25) is 4.98 Å². The molecule has 0 unspecified atom stereocenters. The lowest BCUT2D eigenvalue weighted by molar-refractivity contribution is 0.340. The van der Waals surface area contributed by atoms with Crippen LogP contribution in [0.4, 0.5) is 0 Å². The highest BCUT2D eigenvalue weighted by Crippen LogP contribution is 2.24. The number of rotatable bonds is 4. The van der Waals surface area contributed by atoms with Crippen molar-refractivity contribution in [3.63, 3.8) is 0 Å². The lowest BCUT2D eigenvalue weighted by Crippen LogP contribution is -1.94. The van der Waals surface area contributed by atoms with Crippen LogP contribution in [0.5, 0.6) is 5.75 Å². The van der Waals surface area contributed by atoms with Gasteiger partial charge in [-0.05, 0) is 37.6 Å². The summed E-state index contributed by atoms with van der Waals surface area (Å²) in [5.74, 6) is 0.888. The molecule has 0 atom stereocenters. The Morgan fingerprint density at radius 1 is 1.22 bits per heavy atom. The van der Waals surface area contributed by atoms with E-state index in [1.54, 1.807) is 0 Å². The molecule has 3 heteroatoms. The van der Waals surface area contributed by atoms with E-state index < -0.39 is 0 Å². The molecule has 2 rings (SSSR count). The van der Waals surface area contributed by atoms with Gasteiger partial charge in [0.2, 0.25) is 0 Å².